The molecule has 2 amide bonds. The molecule has 2 aromatic rings. The summed E-state index contributed by atoms with van der Waals surface area (Å²) in [6.07, 6.45) is 1.10. The lowest BCUT2D eigenvalue weighted by atomic mass is 9.96. The van der Waals surface area contributed by atoms with Gasteiger partial charge in [-0.15, -0.1) is 0 Å². The van der Waals surface area contributed by atoms with Gasteiger partial charge in [-0.25, -0.2) is 13.1 Å². The maximum absolute atomic E-state index is 13.5. The summed E-state index contributed by atoms with van der Waals surface area (Å²) >= 11 is 0. The molecule has 1 fully saturated rings. The van der Waals surface area contributed by atoms with Gasteiger partial charge in [-0.1, -0.05) is 30.3 Å². The summed E-state index contributed by atoms with van der Waals surface area (Å²) in [4.78, 5) is 25.5. The number of benzene rings is 2. The maximum atomic E-state index is 13.5. The number of carbonyl (C=O) groups excluding carboxylic acids is 2. The van der Waals surface area contributed by atoms with Crippen LogP contribution < -0.4 is 20.7 Å². The van der Waals surface area contributed by atoms with E-state index >= 15 is 0 Å². The number of amides is 2. The molecule has 0 aromatic heterocycles. The molecule has 0 unspecified atom stereocenters. The average Bonchev–Trinajstić information content (AvgIpc) is 2.79. The van der Waals surface area contributed by atoms with E-state index in [1.54, 1.807) is 19.1 Å². The van der Waals surface area contributed by atoms with Crippen molar-refractivity contribution in [3.63, 3.8) is 0 Å². The molecule has 1 saturated heterocycles. The second-order valence-corrected chi connectivity index (χ2v) is 9.76. The molecule has 178 valence electrons. The van der Waals surface area contributed by atoms with Gasteiger partial charge in [0, 0.05) is 37.8 Å². The Balaban J connectivity index is 1.92. The molecule has 2 aromatic carbocycles. The number of carbonyl (C=O) groups is 2. The highest BCUT2D eigenvalue weighted by atomic mass is 32.2. The number of nitrogens with zero attached hydrogens (tertiary/aromatic N) is 1. The lowest BCUT2D eigenvalue weighted by molar-refractivity contribution is -0.122. The fourth-order valence-electron chi connectivity index (χ4n) is 3.91. The molecule has 1 atom stereocenters. The van der Waals surface area contributed by atoms with Crippen molar-refractivity contribution in [3.8, 4) is 0 Å². The number of anilines is 2. The first kappa shape index (κ1) is 24.7. The zero-order valence-corrected chi connectivity index (χ0v) is 19.6. The Morgan fingerprint density at radius 1 is 1.15 bits per heavy atom. The van der Waals surface area contributed by atoms with Gasteiger partial charge in [0.05, 0.1) is 5.69 Å². The summed E-state index contributed by atoms with van der Waals surface area (Å²) in [5.41, 5.74) is 7.12. The predicted octanol–water partition coefficient (Wildman–Crippen LogP) is 2.01. The van der Waals surface area contributed by atoms with Gasteiger partial charge in [-0.2, -0.15) is 0 Å². The summed E-state index contributed by atoms with van der Waals surface area (Å²) in [5, 5.41) is 2.66. The smallest absolute Gasteiger partial charge is 0.250 e. The lowest BCUT2D eigenvalue weighted by Gasteiger charge is -2.33. The van der Waals surface area contributed by atoms with Gasteiger partial charge < -0.3 is 20.7 Å². The van der Waals surface area contributed by atoms with E-state index in [1.165, 1.54) is 13.2 Å². The summed E-state index contributed by atoms with van der Waals surface area (Å²) in [6, 6.07) is 13.6. The minimum absolute atomic E-state index is 0.0537. The molecule has 0 saturated carbocycles. The molecule has 9 nitrogen and oxygen atoms in total. The van der Waals surface area contributed by atoms with Gasteiger partial charge in [0.15, 0.2) is 0 Å². The normalized spacial score (nSPS) is 15.8. The summed E-state index contributed by atoms with van der Waals surface area (Å²) in [5.74, 6) is -0.941. The monoisotopic (exact) mass is 474 g/mol. The van der Waals surface area contributed by atoms with Crippen LogP contribution in [0.15, 0.2) is 53.4 Å². The van der Waals surface area contributed by atoms with Crippen LogP contribution in [0.3, 0.4) is 0 Å². The van der Waals surface area contributed by atoms with Crippen molar-refractivity contribution in [1.29, 1.82) is 0 Å². The van der Waals surface area contributed by atoms with Crippen LogP contribution in [0.5, 0.6) is 0 Å². The van der Waals surface area contributed by atoms with Crippen LogP contribution >= 0.6 is 0 Å². The zero-order valence-electron chi connectivity index (χ0n) is 18.8. The molecule has 1 aliphatic rings. The first-order valence-corrected chi connectivity index (χ1v) is 12.2. The molecule has 0 spiro atoms. The van der Waals surface area contributed by atoms with E-state index in [1.807, 2.05) is 35.2 Å². The fraction of sp³-hybridized carbons (Fsp3) is 0.391. The molecule has 0 bridgehead atoms. The quantitative estimate of drug-likeness (QED) is 0.510. The van der Waals surface area contributed by atoms with E-state index in [0.29, 0.717) is 37.3 Å². The van der Waals surface area contributed by atoms with Crippen molar-refractivity contribution < 1.29 is 22.7 Å². The molecule has 4 N–H and O–H groups in total. The van der Waals surface area contributed by atoms with Crippen LogP contribution in [0.2, 0.25) is 0 Å². The molecule has 1 heterocycles. The van der Waals surface area contributed by atoms with E-state index in [2.05, 4.69) is 10.0 Å². The van der Waals surface area contributed by atoms with Gasteiger partial charge in [0.25, 0.3) is 0 Å². The van der Waals surface area contributed by atoms with E-state index in [-0.39, 0.29) is 29.2 Å². The van der Waals surface area contributed by atoms with Crippen LogP contribution in [0.1, 0.15) is 31.4 Å². The summed E-state index contributed by atoms with van der Waals surface area (Å²) in [7, 11) is -2.55. The fourth-order valence-corrected chi connectivity index (χ4v) is 5.39. The third-order valence-corrected chi connectivity index (χ3v) is 7.25. The van der Waals surface area contributed by atoms with Gasteiger partial charge in [0.1, 0.15) is 11.5 Å². The minimum Gasteiger partial charge on any atom is -0.375 e. The molecule has 1 aliphatic heterocycles. The number of ether oxygens (including phenoxy) is 1. The summed E-state index contributed by atoms with van der Waals surface area (Å²) < 4.78 is 34.5. The lowest BCUT2D eigenvalue weighted by Crippen LogP contribution is -2.39. The van der Waals surface area contributed by atoms with E-state index in [4.69, 9.17) is 10.5 Å². The molecular formula is C23H30N4O5S. The van der Waals surface area contributed by atoms with Crippen molar-refractivity contribution in [2.45, 2.75) is 30.7 Å². The zero-order chi connectivity index (χ0) is 24.0. The SMILES string of the molecule is COCC(=O)Nc1ccc(N2CCC(C(N)=O)CC2)c(S(=O)(=O)N[C@H](C)c2ccccc2)c1. The van der Waals surface area contributed by atoms with Crippen LogP contribution in [-0.4, -0.2) is 47.0 Å². The second-order valence-electron chi connectivity index (χ2n) is 8.08. The van der Waals surface area contributed by atoms with Crippen molar-refractivity contribution >= 4 is 33.2 Å². The highest BCUT2D eigenvalue weighted by Gasteiger charge is 2.29. The third-order valence-electron chi connectivity index (χ3n) is 5.68. The Kier molecular flexibility index (Phi) is 8.06. The summed E-state index contributed by atoms with van der Waals surface area (Å²) in [6.45, 7) is 2.63. The molecule has 3 rings (SSSR count). The van der Waals surface area contributed by atoms with Gasteiger partial charge in [0.2, 0.25) is 21.8 Å². The Labute approximate surface area is 194 Å². The van der Waals surface area contributed by atoms with Crippen LogP contribution in [0.25, 0.3) is 0 Å². The number of rotatable bonds is 9. The number of nitrogens with one attached hydrogen (secondary N) is 2. The molecule has 0 radical (unpaired) electrons. The number of hydrogen-bond acceptors (Lipinski definition) is 6. The van der Waals surface area contributed by atoms with Crippen LogP contribution in [-0.2, 0) is 24.3 Å². The van der Waals surface area contributed by atoms with Crippen LogP contribution in [0, 0.1) is 5.92 Å². The van der Waals surface area contributed by atoms with Gasteiger partial charge in [-0.05, 0) is 43.5 Å². The van der Waals surface area contributed by atoms with Crippen LogP contribution in [0.4, 0.5) is 11.4 Å². The van der Waals surface area contributed by atoms with E-state index in [9.17, 15) is 18.0 Å². The van der Waals surface area contributed by atoms with Crippen molar-refractivity contribution in [3.05, 3.63) is 54.1 Å². The Bertz CT molecular complexity index is 1080. The standard InChI is InChI=1S/C23H30N4O5S/c1-16(17-6-4-3-5-7-17)26-33(30,31)21-14-19(25-22(28)15-32-2)8-9-20(21)27-12-10-18(11-13-27)23(24)29/h3-9,14,16,18,26H,10-13,15H2,1-2H3,(H2,24,29)(H,25,28)/t16-/m1/s1. The average molecular weight is 475 g/mol. The molecule has 10 heteroatoms. The first-order chi connectivity index (χ1) is 15.7. The largest absolute Gasteiger partial charge is 0.375 e. The highest BCUT2D eigenvalue weighted by Crippen LogP contribution is 2.32. The Morgan fingerprint density at radius 2 is 1.82 bits per heavy atom. The maximum Gasteiger partial charge on any atom is 0.250 e. The van der Waals surface area contributed by atoms with Crippen molar-refractivity contribution in [2.24, 2.45) is 11.7 Å². The van der Waals surface area contributed by atoms with Crippen molar-refractivity contribution in [1.82, 2.24) is 4.72 Å². The number of sulfonamides is 1. The van der Waals surface area contributed by atoms with Crippen molar-refractivity contribution in [2.75, 3.05) is 37.0 Å². The molecular weight excluding hydrogens is 444 g/mol. The van der Waals surface area contributed by atoms with E-state index in [0.717, 1.165) is 5.56 Å². The number of hydrogen-bond donors (Lipinski definition) is 3. The Morgan fingerprint density at radius 3 is 2.42 bits per heavy atom. The topological polar surface area (TPSA) is 131 Å². The van der Waals surface area contributed by atoms with E-state index < -0.39 is 16.1 Å². The van der Waals surface area contributed by atoms with Gasteiger partial charge in [-0.3, -0.25) is 9.59 Å². The van der Waals surface area contributed by atoms with Gasteiger partial charge >= 0.3 is 0 Å². The predicted molar refractivity (Wildman–Crippen MR) is 126 cm³/mol. The number of methoxy groups -OCH3 is 1. The Hall–Kier alpha value is -2.95. The molecule has 33 heavy (non-hydrogen) atoms. The number of nitrogens with two attached hydrogens (primary N) is 1. The minimum atomic E-state index is -3.95. The highest BCUT2D eigenvalue weighted by molar-refractivity contribution is 7.89. The number of primary amides is 1. The first-order valence-electron chi connectivity index (χ1n) is 10.8. The molecule has 0 aliphatic carbocycles. The third kappa shape index (κ3) is 6.31. The second kappa shape index (κ2) is 10.8. The number of piperidine rings is 1.